The highest BCUT2D eigenvalue weighted by Gasteiger charge is 2.03. The van der Waals surface area contributed by atoms with Crippen LogP contribution in [-0.2, 0) is 13.0 Å². The van der Waals surface area contributed by atoms with Gasteiger partial charge in [0.1, 0.15) is 5.52 Å². The van der Waals surface area contributed by atoms with Crippen LogP contribution in [0.1, 0.15) is 12.1 Å². The van der Waals surface area contributed by atoms with Gasteiger partial charge in [0.05, 0.1) is 5.52 Å². The molecule has 3 aromatic rings. The third-order valence-corrected chi connectivity index (χ3v) is 3.10. The van der Waals surface area contributed by atoms with Crippen molar-refractivity contribution in [3.63, 3.8) is 0 Å². The number of aryl methyl sites for hydroxylation is 2. The van der Waals surface area contributed by atoms with Crippen LogP contribution in [0.15, 0.2) is 39.9 Å². The van der Waals surface area contributed by atoms with Gasteiger partial charge in [-0.2, -0.15) is 0 Å². The lowest BCUT2D eigenvalue weighted by molar-refractivity contribution is 0.568. The molecule has 0 amide bonds. The normalized spacial score (nSPS) is 11.0. The number of rotatable bonds is 4. The standard InChI is InChI=1S/C13H13N5O2/c19-12-8-9(14-16-13(12)20)4-3-7-18-11-6-2-1-5-10(11)15-17-18/h1-2,5-6,8H,3-4,7H2,(H,14,19)(H,16,20). The Balaban J connectivity index is 1.69. The van der Waals surface area contributed by atoms with Crippen LogP contribution >= 0.6 is 0 Å². The zero-order valence-electron chi connectivity index (χ0n) is 10.7. The van der Waals surface area contributed by atoms with E-state index in [1.807, 2.05) is 28.9 Å². The second-order valence-corrected chi connectivity index (χ2v) is 4.52. The molecule has 0 fully saturated rings. The predicted molar refractivity (Wildman–Crippen MR) is 73.5 cm³/mol. The van der Waals surface area contributed by atoms with Crippen LogP contribution < -0.4 is 11.0 Å². The Kier molecular flexibility index (Phi) is 3.16. The molecule has 1 aromatic carbocycles. The van der Waals surface area contributed by atoms with Gasteiger partial charge in [0.25, 0.3) is 0 Å². The molecule has 102 valence electrons. The van der Waals surface area contributed by atoms with Crippen LogP contribution in [-0.4, -0.2) is 25.2 Å². The molecular formula is C13H13N5O2. The average Bonchev–Trinajstić information content (AvgIpc) is 2.86. The summed E-state index contributed by atoms with van der Waals surface area (Å²) in [4.78, 5) is 22.2. The molecule has 0 aliphatic carbocycles. The summed E-state index contributed by atoms with van der Waals surface area (Å²) >= 11 is 0. The van der Waals surface area contributed by atoms with Crippen molar-refractivity contribution in [2.75, 3.05) is 0 Å². The molecule has 0 radical (unpaired) electrons. The minimum atomic E-state index is -0.629. The lowest BCUT2D eigenvalue weighted by Crippen LogP contribution is -2.27. The quantitative estimate of drug-likeness (QED) is 0.673. The summed E-state index contributed by atoms with van der Waals surface area (Å²) in [6, 6.07) is 9.09. The van der Waals surface area contributed by atoms with E-state index >= 15 is 0 Å². The van der Waals surface area contributed by atoms with Crippen molar-refractivity contribution in [1.29, 1.82) is 0 Å². The maximum absolute atomic E-state index is 11.2. The van der Waals surface area contributed by atoms with Crippen molar-refractivity contribution in [3.8, 4) is 0 Å². The fourth-order valence-electron chi connectivity index (χ4n) is 2.09. The smallest absolute Gasteiger partial charge is 0.302 e. The molecule has 2 heterocycles. The monoisotopic (exact) mass is 271 g/mol. The van der Waals surface area contributed by atoms with E-state index < -0.39 is 11.0 Å². The summed E-state index contributed by atoms with van der Waals surface area (Å²) in [5.41, 5.74) is 1.41. The molecule has 3 rings (SSSR count). The number of fused-ring (bicyclic) bond motifs is 1. The van der Waals surface area contributed by atoms with Crippen molar-refractivity contribution in [1.82, 2.24) is 25.2 Å². The molecule has 7 heteroatoms. The fourth-order valence-corrected chi connectivity index (χ4v) is 2.09. The first-order valence-corrected chi connectivity index (χ1v) is 6.33. The zero-order valence-corrected chi connectivity index (χ0v) is 10.7. The van der Waals surface area contributed by atoms with E-state index in [1.54, 1.807) is 0 Å². The van der Waals surface area contributed by atoms with Crippen LogP contribution in [0.4, 0.5) is 0 Å². The number of aromatic amines is 2. The summed E-state index contributed by atoms with van der Waals surface area (Å²) in [5.74, 6) is 0. The van der Waals surface area contributed by atoms with Crippen LogP contribution in [0.5, 0.6) is 0 Å². The largest absolute Gasteiger partial charge is 0.310 e. The zero-order chi connectivity index (χ0) is 13.9. The lowest BCUT2D eigenvalue weighted by atomic mass is 10.2. The van der Waals surface area contributed by atoms with Gasteiger partial charge in [-0.15, -0.1) is 5.10 Å². The summed E-state index contributed by atoms with van der Waals surface area (Å²) in [7, 11) is 0. The topological polar surface area (TPSA) is 96.4 Å². The molecule has 0 saturated carbocycles. The Bertz CT molecular complexity index is 845. The Labute approximate surface area is 113 Å². The molecule has 0 bridgehead atoms. The summed E-state index contributed by atoms with van der Waals surface area (Å²) in [5, 5.41) is 13.2. The minimum Gasteiger partial charge on any atom is -0.302 e. The van der Waals surface area contributed by atoms with Crippen molar-refractivity contribution in [2.45, 2.75) is 19.4 Å². The molecule has 2 aromatic heterocycles. The SMILES string of the molecule is O=c1cc(CCCn2nnc3ccccc32)[nH][nH]c1=O. The second kappa shape index (κ2) is 5.12. The molecule has 0 saturated heterocycles. The molecule has 0 unspecified atom stereocenters. The van der Waals surface area contributed by atoms with E-state index in [2.05, 4.69) is 20.5 Å². The van der Waals surface area contributed by atoms with Gasteiger partial charge in [-0.1, -0.05) is 17.3 Å². The molecule has 0 aliphatic rings. The molecule has 2 N–H and O–H groups in total. The van der Waals surface area contributed by atoms with Gasteiger partial charge in [-0.25, -0.2) is 4.68 Å². The molecule has 20 heavy (non-hydrogen) atoms. The fraction of sp³-hybridized carbons (Fsp3) is 0.231. The maximum atomic E-state index is 11.2. The van der Waals surface area contributed by atoms with E-state index in [9.17, 15) is 9.59 Å². The summed E-state index contributed by atoms with van der Waals surface area (Å²) in [6.07, 6.45) is 1.44. The van der Waals surface area contributed by atoms with Gasteiger partial charge < -0.3 is 5.10 Å². The number of H-pyrrole nitrogens is 2. The predicted octanol–water partition coefficient (Wildman–Crippen LogP) is 0.441. The highest BCUT2D eigenvalue weighted by molar-refractivity contribution is 5.73. The Hall–Kier alpha value is -2.70. The number of nitrogens with zero attached hydrogens (tertiary/aromatic N) is 3. The number of nitrogens with one attached hydrogen (secondary N) is 2. The number of aromatic nitrogens is 5. The van der Waals surface area contributed by atoms with Crippen molar-refractivity contribution in [2.24, 2.45) is 0 Å². The van der Waals surface area contributed by atoms with Gasteiger partial charge >= 0.3 is 5.56 Å². The first kappa shape index (κ1) is 12.3. The molecule has 0 aliphatic heterocycles. The number of hydrogen-bond acceptors (Lipinski definition) is 4. The van der Waals surface area contributed by atoms with Crippen LogP contribution in [0.3, 0.4) is 0 Å². The van der Waals surface area contributed by atoms with Crippen LogP contribution in [0, 0.1) is 0 Å². The van der Waals surface area contributed by atoms with E-state index in [0.29, 0.717) is 18.7 Å². The Morgan fingerprint density at radius 3 is 2.85 bits per heavy atom. The Morgan fingerprint density at radius 1 is 1.15 bits per heavy atom. The van der Waals surface area contributed by atoms with Crippen molar-refractivity contribution in [3.05, 3.63) is 56.6 Å². The first-order valence-electron chi connectivity index (χ1n) is 6.33. The molecule has 7 nitrogen and oxygen atoms in total. The average molecular weight is 271 g/mol. The molecule has 0 atom stereocenters. The van der Waals surface area contributed by atoms with Gasteiger partial charge in [0, 0.05) is 18.3 Å². The highest BCUT2D eigenvalue weighted by atomic mass is 16.2. The van der Waals surface area contributed by atoms with E-state index in [1.165, 1.54) is 6.07 Å². The second-order valence-electron chi connectivity index (χ2n) is 4.52. The number of para-hydroxylation sites is 1. The third kappa shape index (κ3) is 2.37. The van der Waals surface area contributed by atoms with Gasteiger partial charge in [0.2, 0.25) is 5.43 Å². The van der Waals surface area contributed by atoms with E-state index in [0.717, 1.165) is 17.5 Å². The van der Waals surface area contributed by atoms with Crippen molar-refractivity contribution < 1.29 is 0 Å². The van der Waals surface area contributed by atoms with Gasteiger partial charge in [-0.3, -0.25) is 14.7 Å². The molecule has 0 spiro atoms. The van der Waals surface area contributed by atoms with E-state index in [-0.39, 0.29) is 0 Å². The first-order chi connectivity index (χ1) is 9.74. The number of hydrogen-bond donors (Lipinski definition) is 2. The molecular weight excluding hydrogens is 258 g/mol. The highest BCUT2D eigenvalue weighted by Crippen LogP contribution is 2.10. The third-order valence-electron chi connectivity index (χ3n) is 3.10. The minimum absolute atomic E-state index is 0.523. The number of benzene rings is 1. The van der Waals surface area contributed by atoms with Gasteiger partial charge in [0.15, 0.2) is 0 Å². The Morgan fingerprint density at radius 2 is 2.00 bits per heavy atom. The van der Waals surface area contributed by atoms with Crippen molar-refractivity contribution >= 4 is 11.0 Å². The maximum Gasteiger partial charge on any atom is 0.310 e. The van der Waals surface area contributed by atoms with Gasteiger partial charge in [-0.05, 0) is 25.0 Å². The van der Waals surface area contributed by atoms with E-state index in [4.69, 9.17) is 0 Å². The van der Waals surface area contributed by atoms with Crippen LogP contribution in [0.25, 0.3) is 11.0 Å². The summed E-state index contributed by atoms with van der Waals surface area (Å²) in [6.45, 7) is 0.696. The summed E-state index contributed by atoms with van der Waals surface area (Å²) < 4.78 is 1.83. The lowest BCUT2D eigenvalue weighted by Gasteiger charge is -2.02. The van der Waals surface area contributed by atoms with Crippen LogP contribution in [0.2, 0.25) is 0 Å².